The number of rotatable bonds is 3. The first-order chi connectivity index (χ1) is 8.83. The van der Waals surface area contributed by atoms with Crippen LogP contribution in [0.4, 0.5) is 4.39 Å². The van der Waals surface area contributed by atoms with Gasteiger partial charge in [0.25, 0.3) is 0 Å². The van der Waals surface area contributed by atoms with E-state index in [4.69, 9.17) is 4.42 Å². The second-order valence-corrected chi connectivity index (χ2v) is 6.18. The van der Waals surface area contributed by atoms with Crippen molar-refractivity contribution in [2.24, 2.45) is 0 Å². The molecule has 4 nitrogen and oxygen atoms in total. The van der Waals surface area contributed by atoms with E-state index in [9.17, 15) is 4.39 Å². The topological polar surface area (TPSA) is 51.0 Å². The molecule has 0 radical (unpaired) electrons. The highest BCUT2D eigenvalue weighted by atomic mass is 79.9. The smallest absolute Gasteiger partial charge is 0.247 e. The summed E-state index contributed by atoms with van der Waals surface area (Å²) in [6.07, 6.45) is 0. The van der Waals surface area contributed by atoms with Crippen molar-refractivity contribution in [1.82, 2.24) is 15.5 Å². The van der Waals surface area contributed by atoms with Crippen molar-refractivity contribution in [3.05, 3.63) is 34.4 Å². The fourth-order valence-corrected chi connectivity index (χ4v) is 1.93. The van der Waals surface area contributed by atoms with Crippen LogP contribution in [0.2, 0.25) is 0 Å². The first-order valence-electron chi connectivity index (χ1n) is 5.87. The van der Waals surface area contributed by atoms with Gasteiger partial charge in [-0.15, -0.1) is 10.2 Å². The molecule has 0 spiro atoms. The van der Waals surface area contributed by atoms with Gasteiger partial charge in [-0.05, 0) is 39.0 Å². The zero-order valence-corrected chi connectivity index (χ0v) is 12.6. The van der Waals surface area contributed by atoms with Crippen molar-refractivity contribution in [1.29, 1.82) is 0 Å². The fourth-order valence-electron chi connectivity index (χ4n) is 1.46. The summed E-state index contributed by atoms with van der Waals surface area (Å²) in [6.45, 7) is 6.63. The molecule has 0 saturated heterocycles. The first kappa shape index (κ1) is 14.1. The quantitative estimate of drug-likeness (QED) is 0.936. The highest BCUT2D eigenvalue weighted by molar-refractivity contribution is 9.10. The number of hydrogen-bond acceptors (Lipinski definition) is 4. The summed E-state index contributed by atoms with van der Waals surface area (Å²) in [5.74, 6) is 0.438. The number of aromatic nitrogens is 2. The standard InChI is InChI=1S/C13H15BrFN3O/c1-13(2,3)16-7-11-17-18-12(19-11)8-4-9(14)6-10(15)5-8/h4-6,16H,7H2,1-3H3. The van der Waals surface area contributed by atoms with E-state index in [2.05, 4.69) is 31.4 Å². The van der Waals surface area contributed by atoms with Crippen LogP contribution in [0.1, 0.15) is 26.7 Å². The molecule has 6 heteroatoms. The zero-order valence-electron chi connectivity index (χ0n) is 11.0. The lowest BCUT2D eigenvalue weighted by molar-refractivity contribution is 0.383. The summed E-state index contributed by atoms with van der Waals surface area (Å²) in [6, 6.07) is 4.47. The second kappa shape index (κ2) is 5.38. The first-order valence-corrected chi connectivity index (χ1v) is 6.67. The van der Waals surface area contributed by atoms with Crippen LogP contribution in [0.25, 0.3) is 11.5 Å². The SMILES string of the molecule is CC(C)(C)NCc1nnc(-c2cc(F)cc(Br)c2)o1. The lowest BCUT2D eigenvalue weighted by atomic mass is 10.1. The maximum absolute atomic E-state index is 13.3. The second-order valence-electron chi connectivity index (χ2n) is 5.26. The Labute approximate surface area is 119 Å². The van der Waals surface area contributed by atoms with Gasteiger partial charge < -0.3 is 9.73 Å². The van der Waals surface area contributed by atoms with Crippen LogP contribution >= 0.6 is 15.9 Å². The molecule has 0 fully saturated rings. The van der Waals surface area contributed by atoms with Gasteiger partial charge in [0.05, 0.1) is 6.54 Å². The van der Waals surface area contributed by atoms with Crippen LogP contribution in [0.3, 0.4) is 0 Å². The molecule has 19 heavy (non-hydrogen) atoms. The number of nitrogens with one attached hydrogen (secondary N) is 1. The van der Waals surface area contributed by atoms with Crippen LogP contribution < -0.4 is 5.32 Å². The minimum Gasteiger partial charge on any atom is -0.419 e. The number of halogens is 2. The molecule has 1 heterocycles. The van der Waals surface area contributed by atoms with Gasteiger partial charge in [-0.1, -0.05) is 15.9 Å². The largest absolute Gasteiger partial charge is 0.419 e. The summed E-state index contributed by atoms with van der Waals surface area (Å²) in [5.41, 5.74) is 0.526. The molecule has 1 aromatic heterocycles. The Bertz CT molecular complexity index is 557. The van der Waals surface area contributed by atoms with Crippen molar-refractivity contribution in [2.75, 3.05) is 0 Å². The predicted molar refractivity (Wildman–Crippen MR) is 74.0 cm³/mol. The molecule has 0 aliphatic heterocycles. The Balaban J connectivity index is 2.16. The average molecular weight is 328 g/mol. The number of nitrogens with zero attached hydrogens (tertiary/aromatic N) is 2. The molecular formula is C13H15BrFN3O. The lowest BCUT2D eigenvalue weighted by Gasteiger charge is -2.18. The molecule has 0 bridgehead atoms. The van der Waals surface area contributed by atoms with Crippen molar-refractivity contribution in [3.63, 3.8) is 0 Å². The lowest BCUT2D eigenvalue weighted by Crippen LogP contribution is -2.35. The molecule has 102 valence electrons. The van der Waals surface area contributed by atoms with Crippen molar-refractivity contribution < 1.29 is 8.81 Å². The fraction of sp³-hybridized carbons (Fsp3) is 0.385. The normalized spacial score (nSPS) is 11.8. The van der Waals surface area contributed by atoms with Gasteiger partial charge in [0.2, 0.25) is 11.8 Å². The molecule has 1 aromatic carbocycles. The minimum absolute atomic E-state index is 0.0312. The molecule has 2 rings (SSSR count). The Morgan fingerprint density at radius 1 is 1.26 bits per heavy atom. The third-order valence-corrected chi connectivity index (χ3v) is 2.80. The van der Waals surface area contributed by atoms with E-state index in [0.29, 0.717) is 28.4 Å². The van der Waals surface area contributed by atoms with Gasteiger partial charge in [-0.3, -0.25) is 0 Å². The molecule has 0 aliphatic carbocycles. The van der Waals surface area contributed by atoms with E-state index in [1.807, 2.05) is 20.8 Å². The minimum atomic E-state index is -0.350. The third kappa shape index (κ3) is 4.11. The monoisotopic (exact) mass is 327 g/mol. The third-order valence-electron chi connectivity index (χ3n) is 2.35. The van der Waals surface area contributed by atoms with Crippen LogP contribution in [0, 0.1) is 5.82 Å². The molecule has 0 saturated carbocycles. The van der Waals surface area contributed by atoms with Crippen molar-refractivity contribution >= 4 is 15.9 Å². The van der Waals surface area contributed by atoms with Crippen LogP contribution in [0.5, 0.6) is 0 Å². The Morgan fingerprint density at radius 2 is 2.00 bits per heavy atom. The van der Waals surface area contributed by atoms with Gasteiger partial charge in [-0.2, -0.15) is 0 Å². The Hall–Kier alpha value is -1.27. The van der Waals surface area contributed by atoms with Crippen molar-refractivity contribution in [2.45, 2.75) is 32.9 Å². The van der Waals surface area contributed by atoms with Gasteiger partial charge in [0.1, 0.15) is 5.82 Å². The Morgan fingerprint density at radius 3 is 2.63 bits per heavy atom. The molecular weight excluding hydrogens is 313 g/mol. The maximum Gasteiger partial charge on any atom is 0.247 e. The van der Waals surface area contributed by atoms with Crippen molar-refractivity contribution in [3.8, 4) is 11.5 Å². The maximum atomic E-state index is 13.3. The summed E-state index contributed by atoms with van der Waals surface area (Å²) >= 11 is 3.23. The zero-order chi connectivity index (χ0) is 14.0. The summed E-state index contributed by atoms with van der Waals surface area (Å²) in [7, 11) is 0. The molecule has 0 amide bonds. The number of hydrogen-bond donors (Lipinski definition) is 1. The summed E-state index contributed by atoms with van der Waals surface area (Å²) in [4.78, 5) is 0. The highest BCUT2D eigenvalue weighted by Crippen LogP contribution is 2.23. The van der Waals surface area contributed by atoms with Crippen LogP contribution in [-0.4, -0.2) is 15.7 Å². The van der Waals surface area contributed by atoms with E-state index < -0.39 is 0 Å². The summed E-state index contributed by atoms with van der Waals surface area (Å²) in [5, 5.41) is 11.1. The Kier molecular flexibility index (Phi) is 4.01. The average Bonchev–Trinajstić information content (AvgIpc) is 2.72. The van der Waals surface area contributed by atoms with E-state index in [-0.39, 0.29) is 11.4 Å². The number of benzene rings is 1. The molecule has 1 N–H and O–H groups in total. The van der Waals surface area contributed by atoms with E-state index in [0.717, 1.165) is 0 Å². The molecule has 0 unspecified atom stereocenters. The predicted octanol–water partition coefficient (Wildman–Crippen LogP) is 3.53. The van der Waals surface area contributed by atoms with Gasteiger partial charge in [0.15, 0.2) is 0 Å². The molecule has 0 aliphatic rings. The van der Waals surface area contributed by atoms with E-state index >= 15 is 0 Å². The summed E-state index contributed by atoms with van der Waals surface area (Å²) < 4.78 is 19.4. The van der Waals surface area contributed by atoms with Gasteiger partial charge >= 0.3 is 0 Å². The van der Waals surface area contributed by atoms with E-state index in [1.165, 1.54) is 12.1 Å². The van der Waals surface area contributed by atoms with Crippen LogP contribution in [-0.2, 0) is 6.54 Å². The highest BCUT2D eigenvalue weighted by Gasteiger charge is 2.13. The van der Waals surface area contributed by atoms with Gasteiger partial charge in [-0.25, -0.2) is 4.39 Å². The van der Waals surface area contributed by atoms with Gasteiger partial charge in [0, 0.05) is 15.6 Å². The molecule has 2 aromatic rings. The molecule has 0 atom stereocenters. The van der Waals surface area contributed by atoms with Crippen LogP contribution in [0.15, 0.2) is 27.1 Å². The van der Waals surface area contributed by atoms with E-state index in [1.54, 1.807) is 6.07 Å².